The Bertz CT molecular complexity index is 229. The van der Waals surface area contributed by atoms with Gasteiger partial charge in [-0.2, -0.15) is 0 Å². The molecule has 0 aromatic carbocycles. The molecular formula is C8H12O5. The van der Waals surface area contributed by atoms with E-state index in [0.29, 0.717) is 6.08 Å². The number of aliphatic carboxylic acids is 1. The number of aliphatic hydroxyl groups is 1. The zero-order chi connectivity index (χ0) is 10.4. The van der Waals surface area contributed by atoms with Gasteiger partial charge in [0.25, 0.3) is 0 Å². The van der Waals surface area contributed by atoms with E-state index < -0.39 is 18.0 Å². The summed E-state index contributed by atoms with van der Waals surface area (Å²) in [4.78, 5) is 21.2. The van der Waals surface area contributed by atoms with Crippen molar-refractivity contribution in [2.75, 3.05) is 6.61 Å². The third-order valence-electron chi connectivity index (χ3n) is 1.24. The van der Waals surface area contributed by atoms with Crippen LogP contribution in [0, 0.1) is 0 Å². The summed E-state index contributed by atoms with van der Waals surface area (Å²) >= 11 is 0. The molecule has 0 radical (unpaired) electrons. The Kier molecular flexibility index (Phi) is 4.76. The average Bonchev–Trinajstić information content (AvgIpc) is 1.99. The number of esters is 1. The number of hydrogen-bond acceptors (Lipinski definition) is 4. The van der Waals surface area contributed by atoms with Gasteiger partial charge in [0.2, 0.25) is 0 Å². The fourth-order valence-corrected chi connectivity index (χ4v) is 0.698. The number of carboxylic acids is 1. The van der Waals surface area contributed by atoms with Gasteiger partial charge in [0.05, 0.1) is 18.3 Å². The van der Waals surface area contributed by atoms with Gasteiger partial charge < -0.3 is 14.9 Å². The summed E-state index contributed by atoms with van der Waals surface area (Å²) in [6.45, 7) is 3.03. The van der Waals surface area contributed by atoms with Gasteiger partial charge in [-0.15, -0.1) is 0 Å². The SMILES string of the molecule is CCOC(=O)C(=CC(=O)O)C(C)O. The number of aliphatic hydroxyl groups excluding tert-OH is 1. The smallest absolute Gasteiger partial charge is 0.336 e. The van der Waals surface area contributed by atoms with E-state index in [4.69, 9.17) is 10.2 Å². The highest BCUT2D eigenvalue weighted by molar-refractivity contribution is 5.96. The van der Waals surface area contributed by atoms with E-state index in [1.807, 2.05) is 0 Å². The van der Waals surface area contributed by atoms with Crippen LogP contribution in [-0.4, -0.2) is 34.9 Å². The Balaban J connectivity index is 4.61. The second-order valence-corrected chi connectivity index (χ2v) is 2.33. The van der Waals surface area contributed by atoms with Crippen molar-refractivity contribution < 1.29 is 24.5 Å². The maximum Gasteiger partial charge on any atom is 0.336 e. The van der Waals surface area contributed by atoms with Gasteiger partial charge in [0.15, 0.2) is 0 Å². The molecule has 5 nitrogen and oxygen atoms in total. The van der Waals surface area contributed by atoms with Gasteiger partial charge >= 0.3 is 11.9 Å². The summed E-state index contributed by atoms with van der Waals surface area (Å²) in [5, 5.41) is 17.4. The Morgan fingerprint density at radius 2 is 2.08 bits per heavy atom. The van der Waals surface area contributed by atoms with Crippen LogP contribution in [0.15, 0.2) is 11.6 Å². The summed E-state index contributed by atoms with van der Waals surface area (Å²) in [6, 6.07) is 0. The van der Waals surface area contributed by atoms with Crippen molar-refractivity contribution in [1.82, 2.24) is 0 Å². The molecule has 5 heteroatoms. The quantitative estimate of drug-likeness (QED) is 0.477. The van der Waals surface area contributed by atoms with Crippen LogP contribution in [0.3, 0.4) is 0 Å². The summed E-state index contributed by atoms with van der Waals surface area (Å²) in [5.41, 5.74) is -0.255. The van der Waals surface area contributed by atoms with E-state index in [-0.39, 0.29) is 12.2 Å². The summed E-state index contributed by atoms with van der Waals surface area (Å²) < 4.78 is 4.54. The molecule has 0 aliphatic carbocycles. The highest BCUT2D eigenvalue weighted by atomic mass is 16.5. The van der Waals surface area contributed by atoms with Crippen molar-refractivity contribution in [1.29, 1.82) is 0 Å². The predicted molar refractivity (Wildman–Crippen MR) is 44.0 cm³/mol. The van der Waals surface area contributed by atoms with Gasteiger partial charge in [-0.25, -0.2) is 9.59 Å². The lowest BCUT2D eigenvalue weighted by Gasteiger charge is -2.07. The summed E-state index contributed by atoms with van der Waals surface area (Å²) in [6.07, 6.45) is -0.502. The van der Waals surface area contributed by atoms with E-state index >= 15 is 0 Å². The molecule has 1 unspecified atom stereocenters. The third kappa shape index (κ3) is 4.27. The molecule has 0 bridgehead atoms. The fourth-order valence-electron chi connectivity index (χ4n) is 0.698. The first-order chi connectivity index (χ1) is 5.99. The molecule has 74 valence electrons. The molecule has 0 fully saturated rings. The Morgan fingerprint density at radius 3 is 2.38 bits per heavy atom. The molecule has 0 amide bonds. The molecule has 0 aliphatic rings. The van der Waals surface area contributed by atoms with Crippen LogP contribution in [0.1, 0.15) is 13.8 Å². The lowest BCUT2D eigenvalue weighted by atomic mass is 10.1. The van der Waals surface area contributed by atoms with Gasteiger partial charge in [0, 0.05) is 6.08 Å². The second-order valence-electron chi connectivity index (χ2n) is 2.33. The van der Waals surface area contributed by atoms with Crippen LogP contribution in [0.2, 0.25) is 0 Å². The average molecular weight is 188 g/mol. The van der Waals surface area contributed by atoms with Crippen LogP contribution >= 0.6 is 0 Å². The number of ether oxygens (including phenoxy) is 1. The van der Waals surface area contributed by atoms with Crippen molar-refractivity contribution in [3.63, 3.8) is 0 Å². The van der Waals surface area contributed by atoms with Crippen LogP contribution in [0.4, 0.5) is 0 Å². The van der Waals surface area contributed by atoms with Gasteiger partial charge in [0.1, 0.15) is 0 Å². The second kappa shape index (κ2) is 5.31. The Morgan fingerprint density at radius 1 is 1.54 bits per heavy atom. The molecule has 0 spiro atoms. The number of carbonyl (C=O) groups is 2. The molecule has 0 heterocycles. The van der Waals surface area contributed by atoms with Crippen LogP contribution in [0.25, 0.3) is 0 Å². The van der Waals surface area contributed by atoms with Gasteiger partial charge in [-0.05, 0) is 13.8 Å². The molecule has 1 atom stereocenters. The Hall–Kier alpha value is -1.36. The lowest BCUT2D eigenvalue weighted by molar-refractivity contribution is -0.140. The standard InChI is InChI=1S/C8H12O5/c1-3-13-8(12)6(5(2)9)4-7(10)11/h4-5,9H,3H2,1-2H3,(H,10,11). The molecule has 0 aromatic heterocycles. The minimum absolute atomic E-state index is 0.141. The first-order valence-electron chi connectivity index (χ1n) is 3.78. The maximum absolute atomic E-state index is 11.0. The van der Waals surface area contributed by atoms with Crippen molar-refractivity contribution in [2.24, 2.45) is 0 Å². The molecule has 0 saturated carbocycles. The number of hydrogen-bond donors (Lipinski definition) is 2. The molecule has 0 saturated heterocycles. The topological polar surface area (TPSA) is 83.8 Å². The molecule has 2 N–H and O–H groups in total. The first kappa shape index (κ1) is 11.6. The van der Waals surface area contributed by atoms with Crippen LogP contribution in [0.5, 0.6) is 0 Å². The van der Waals surface area contributed by atoms with Crippen LogP contribution < -0.4 is 0 Å². The lowest BCUT2D eigenvalue weighted by Crippen LogP contribution is -2.18. The third-order valence-corrected chi connectivity index (χ3v) is 1.24. The van der Waals surface area contributed by atoms with Crippen molar-refractivity contribution in [3.8, 4) is 0 Å². The number of rotatable bonds is 4. The van der Waals surface area contributed by atoms with E-state index in [2.05, 4.69) is 4.74 Å². The van der Waals surface area contributed by atoms with E-state index in [0.717, 1.165) is 0 Å². The molecule has 0 rings (SSSR count). The zero-order valence-corrected chi connectivity index (χ0v) is 7.48. The van der Waals surface area contributed by atoms with Crippen molar-refractivity contribution in [3.05, 3.63) is 11.6 Å². The maximum atomic E-state index is 11.0. The highest BCUT2D eigenvalue weighted by Gasteiger charge is 2.17. The van der Waals surface area contributed by atoms with E-state index in [1.165, 1.54) is 6.92 Å². The minimum Gasteiger partial charge on any atom is -0.478 e. The summed E-state index contributed by atoms with van der Waals surface area (Å²) in [7, 11) is 0. The summed E-state index contributed by atoms with van der Waals surface area (Å²) in [5.74, 6) is -2.09. The molecule has 13 heavy (non-hydrogen) atoms. The number of carboxylic acid groups (broad SMARTS) is 1. The molecular weight excluding hydrogens is 176 g/mol. The van der Waals surface area contributed by atoms with Crippen molar-refractivity contribution in [2.45, 2.75) is 20.0 Å². The minimum atomic E-state index is -1.29. The predicted octanol–water partition coefficient (Wildman–Crippen LogP) is -0.0587. The van der Waals surface area contributed by atoms with E-state index in [9.17, 15) is 9.59 Å². The highest BCUT2D eigenvalue weighted by Crippen LogP contribution is 2.04. The monoisotopic (exact) mass is 188 g/mol. The van der Waals surface area contributed by atoms with Crippen LogP contribution in [-0.2, 0) is 14.3 Å². The first-order valence-corrected chi connectivity index (χ1v) is 3.78. The Labute approximate surface area is 75.6 Å². The zero-order valence-electron chi connectivity index (χ0n) is 7.48. The molecule has 0 aliphatic heterocycles. The largest absolute Gasteiger partial charge is 0.478 e. The normalized spacial score (nSPS) is 13.6. The van der Waals surface area contributed by atoms with Crippen molar-refractivity contribution >= 4 is 11.9 Å². The molecule has 0 aromatic rings. The fraction of sp³-hybridized carbons (Fsp3) is 0.500. The van der Waals surface area contributed by atoms with E-state index in [1.54, 1.807) is 6.92 Å². The number of carbonyl (C=O) groups excluding carboxylic acids is 1. The van der Waals surface area contributed by atoms with Gasteiger partial charge in [-0.1, -0.05) is 0 Å². The van der Waals surface area contributed by atoms with Gasteiger partial charge in [-0.3, -0.25) is 0 Å².